The third kappa shape index (κ3) is 11.5. The number of hydrogen-bond acceptors (Lipinski definition) is 4. The minimum atomic E-state index is -3.57. The first kappa shape index (κ1) is 36.7. The first-order chi connectivity index (χ1) is 20.2. The van der Waals surface area contributed by atoms with Gasteiger partial charge in [0.25, 0.3) is 10.0 Å². The highest BCUT2D eigenvalue weighted by Gasteiger charge is 2.17. The number of aryl methyl sites for hydroxylation is 2. The Balaban J connectivity index is 0.00000138. The van der Waals surface area contributed by atoms with Gasteiger partial charge in [0.05, 0.1) is 4.90 Å². The second kappa shape index (κ2) is 19.0. The van der Waals surface area contributed by atoms with Crippen LogP contribution >= 0.6 is 7.12 Å². The standard InChI is InChI=1S/C28H31N2O3PS2.C2H6.C2H4.CH2O/c1-21-4-16-27(17-5-21)34(3)35(31)29-25-12-8-23(9-13-25)20-24-10-14-26(15-11-24)30-36(32,33)28-18-6-22(2)7-19-28;3*1-2/h4-10,12-14,16-19,29-30H,11,15,20H2,1-3H3;1-2H3;1-2H2;1H2. The Hall–Kier alpha value is -3.32. The van der Waals surface area contributed by atoms with E-state index in [4.69, 9.17) is 4.79 Å². The van der Waals surface area contributed by atoms with E-state index in [1.807, 2.05) is 77.6 Å². The monoisotopic (exact) mass is 626 g/mol. The predicted molar refractivity (Wildman–Crippen MR) is 182 cm³/mol. The molecule has 0 radical (unpaired) electrons. The van der Waals surface area contributed by atoms with Crippen LogP contribution in [0.2, 0.25) is 0 Å². The van der Waals surface area contributed by atoms with Crippen molar-refractivity contribution in [3.8, 4) is 0 Å². The van der Waals surface area contributed by atoms with Crippen LogP contribution < -0.4 is 14.7 Å². The summed E-state index contributed by atoms with van der Waals surface area (Å²) >= 11 is 0. The number of carbonyl (C=O) groups excluding carboxylic acids is 1. The molecule has 9 heteroatoms. The van der Waals surface area contributed by atoms with Crippen molar-refractivity contribution >= 4 is 45.5 Å². The van der Waals surface area contributed by atoms with Crippen molar-refractivity contribution in [1.29, 1.82) is 0 Å². The highest BCUT2D eigenvalue weighted by Crippen LogP contribution is 2.35. The number of hydrogen-bond donors (Lipinski definition) is 2. The van der Waals surface area contributed by atoms with Crippen LogP contribution in [-0.4, -0.2) is 26.1 Å². The molecule has 0 bridgehead atoms. The molecule has 0 fully saturated rings. The summed E-state index contributed by atoms with van der Waals surface area (Å²) in [6.07, 6.45) is 6.10. The first-order valence-corrected chi connectivity index (χ1v) is 18.6. The molecule has 226 valence electrons. The van der Waals surface area contributed by atoms with Gasteiger partial charge in [0.15, 0.2) is 0 Å². The molecule has 6 nitrogen and oxygen atoms in total. The lowest BCUT2D eigenvalue weighted by molar-refractivity contribution is -0.0980. The van der Waals surface area contributed by atoms with Crippen LogP contribution in [0.5, 0.6) is 0 Å². The topological polar surface area (TPSA) is 92.3 Å². The largest absolute Gasteiger partial charge is 0.307 e. The van der Waals surface area contributed by atoms with Gasteiger partial charge in [0.1, 0.15) is 17.4 Å². The summed E-state index contributed by atoms with van der Waals surface area (Å²) < 4.78 is 43.9. The Morgan fingerprint density at radius 2 is 1.33 bits per heavy atom. The van der Waals surface area contributed by atoms with Crippen molar-refractivity contribution < 1.29 is 17.4 Å². The molecule has 1 aliphatic rings. The maximum absolute atomic E-state index is 12.8. The van der Waals surface area contributed by atoms with E-state index in [1.54, 1.807) is 24.3 Å². The van der Waals surface area contributed by atoms with Gasteiger partial charge in [0, 0.05) is 18.5 Å². The number of sulfonamides is 1. The van der Waals surface area contributed by atoms with Gasteiger partial charge >= 0.3 is 0 Å². The van der Waals surface area contributed by atoms with Crippen molar-refractivity contribution in [3.63, 3.8) is 0 Å². The molecule has 42 heavy (non-hydrogen) atoms. The maximum atomic E-state index is 12.8. The Morgan fingerprint density at radius 3 is 1.83 bits per heavy atom. The van der Waals surface area contributed by atoms with Crippen molar-refractivity contribution in [3.05, 3.63) is 126 Å². The van der Waals surface area contributed by atoms with Crippen molar-refractivity contribution in [1.82, 2.24) is 4.72 Å². The molecule has 2 atom stereocenters. The zero-order valence-corrected chi connectivity index (χ0v) is 27.7. The maximum Gasteiger partial charge on any atom is 0.261 e. The fourth-order valence-electron chi connectivity index (χ4n) is 3.83. The molecule has 3 aromatic carbocycles. The Bertz CT molecular complexity index is 1430. The van der Waals surface area contributed by atoms with E-state index in [1.165, 1.54) is 11.1 Å². The summed E-state index contributed by atoms with van der Waals surface area (Å²) in [5.41, 5.74) is 6.16. The fourth-order valence-corrected chi connectivity index (χ4v) is 7.86. The summed E-state index contributed by atoms with van der Waals surface area (Å²) in [6.45, 7) is 18.0. The van der Waals surface area contributed by atoms with Gasteiger partial charge < -0.3 is 9.52 Å². The number of benzene rings is 3. The molecule has 4 rings (SSSR count). The zero-order chi connectivity index (χ0) is 31.7. The number of nitrogens with one attached hydrogen (secondary N) is 2. The first-order valence-electron chi connectivity index (χ1n) is 13.5. The van der Waals surface area contributed by atoms with E-state index in [-0.39, 0.29) is 4.90 Å². The number of allylic oxidation sites excluding steroid dienone is 4. The van der Waals surface area contributed by atoms with Crippen LogP contribution in [0, 0.1) is 13.8 Å². The van der Waals surface area contributed by atoms with Crippen LogP contribution in [0.1, 0.15) is 43.4 Å². The lowest BCUT2D eigenvalue weighted by Gasteiger charge is -2.17. The Kier molecular flexibility index (Phi) is 16.6. The summed E-state index contributed by atoms with van der Waals surface area (Å²) in [4.78, 5) is 8.27. The lowest BCUT2D eigenvalue weighted by atomic mass is 9.96. The van der Waals surface area contributed by atoms with Crippen LogP contribution in [0.25, 0.3) is 0 Å². The van der Waals surface area contributed by atoms with E-state index < -0.39 is 27.8 Å². The quantitative estimate of drug-likeness (QED) is 0.190. The third-order valence-corrected chi connectivity index (χ3v) is 11.8. The van der Waals surface area contributed by atoms with Crippen molar-refractivity contribution in [2.45, 2.75) is 51.9 Å². The zero-order valence-electron chi connectivity index (χ0n) is 25.2. The van der Waals surface area contributed by atoms with E-state index >= 15 is 0 Å². The van der Waals surface area contributed by atoms with Crippen LogP contribution in [0.3, 0.4) is 0 Å². The second-order valence-electron chi connectivity index (χ2n) is 8.99. The molecule has 0 saturated carbocycles. The summed E-state index contributed by atoms with van der Waals surface area (Å²) in [5, 5.41) is 1.11. The third-order valence-electron chi connectivity index (χ3n) is 6.07. The fraction of sp³-hybridized carbons (Fsp3) is 0.242. The Labute approximate surface area is 256 Å². The van der Waals surface area contributed by atoms with E-state index in [2.05, 4.69) is 46.9 Å². The van der Waals surface area contributed by atoms with Gasteiger partial charge in [-0.3, -0.25) is 4.72 Å². The van der Waals surface area contributed by atoms with Gasteiger partial charge in [0.2, 0.25) is 0 Å². The predicted octanol–water partition coefficient (Wildman–Crippen LogP) is 7.50. The van der Waals surface area contributed by atoms with E-state index in [0.717, 1.165) is 35.0 Å². The average molecular weight is 627 g/mol. The van der Waals surface area contributed by atoms with Crippen LogP contribution in [0.4, 0.5) is 5.69 Å². The molecule has 3 aromatic rings. The lowest BCUT2D eigenvalue weighted by Crippen LogP contribution is -2.24. The molecule has 2 unspecified atom stereocenters. The molecule has 0 saturated heterocycles. The SMILES string of the molecule is C=C.C=O.CC.Cc1ccc(P(C)S(=O)Nc2ccc(CC3=CC=C(NS(=O)(=O)c4ccc(C)cc4)CC3)cc2)cc1. The van der Waals surface area contributed by atoms with Gasteiger partial charge in [-0.15, -0.1) is 13.2 Å². The summed E-state index contributed by atoms with van der Waals surface area (Å²) in [5.74, 6) is 0. The highest BCUT2D eigenvalue weighted by molar-refractivity contribution is 8.49. The van der Waals surface area contributed by atoms with E-state index in [9.17, 15) is 12.6 Å². The number of carbonyl (C=O) groups is 1. The molecule has 0 aromatic heterocycles. The van der Waals surface area contributed by atoms with Crippen molar-refractivity contribution in [2.24, 2.45) is 0 Å². The van der Waals surface area contributed by atoms with Gasteiger partial charge in [-0.05, 0) is 81.0 Å². The van der Waals surface area contributed by atoms with Gasteiger partial charge in [-0.1, -0.05) is 85.2 Å². The van der Waals surface area contributed by atoms with Crippen LogP contribution in [0.15, 0.2) is 114 Å². The van der Waals surface area contributed by atoms with Crippen LogP contribution in [-0.2, 0) is 31.8 Å². The Morgan fingerprint density at radius 1 is 0.810 bits per heavy atom. The summed E-state index contributed by atoms with van der Waals surface area (Å²) in [6, 6.07) is 23.1. The van der Waals surface area contributed by atoms with Gasteiger partial charge in [-0.25, -0.2) is 12.6 Å². The molecular weight excluding hydrogens is 583 g/mol. The normalized spacial score (nSPS) is 13.5. The minimum absolute atomic E-state index is 0.271. The molecule has 0 spiro atoms. The molecule has 2 N–H and O–H groups in total. The molecule has 0 aliphatic heterocycles. The van der Waals surface area contributed by atoms with E-state index in [0.29, 0.717) is 12.1 Å². The number of anilines is 1. The summed E-state index contributed by atoms with van der Waals surface area (Å²) in [7, 11) is -5.58. The molecule has 0 heterocycles. The van der Waals surface area contributed by atoms with Crippen molar-refractivity contribution in [2.75, 3.05) is 11.4 Å². The highest BCUT2D eigenvalue weighted by atomic mass is 32.7. The molecule has 0 amide bonds. The second-order valence-corrected chi connectivity index (χ2v) is 15.5. The number of rotatable bonds is 9. The molecule has 1 aliphatic carbocycles. The van der Waals surface area contributed by atoms with Gasteiger partial charge in [-0.2, -0.15) is 0 Å². The average Bonchev–Trinajstić information content (AvgIpc) is 3.02. The minimum Gasteiger partial charge on any atom is -0.307 e. The smallest absolute Gasteiger partial charge is 0.261 e. The molecular formula is C33H43N2O4PS2.